The zero-order valence-corrected chi connectivity index (χ0v) is 11.9. The lowest BCUT2D eigenvalue weighted by molar-refractivity contribution is -0.384. The lowest BCUT2D eigenvalue weighted by Crippen LogP contribution is -2.00. The molecule has 0 aliphatic heterocycles. The van der Waals surface area contributed by atoms with Gasteiger partial charge < -0.3 is 15.0 Å². The topological polar surface area (TPSA) is 93.1 Å². The van der Waals surface area contributed by atoms with Crippen LogP contribution in [-0.4, -0.2) is 22.0 Å². The van der Waals surface area contributed by atoms with Crippen molar-refractivity contribution in [1.82, 2.24) is 9.97 Å². The highest BCUT2D eigenvalue weighted by atomic mass is 16.6. The van der Waals surface area contributed by atoms with E-state index in [1.165, 1.54) is 12.1 Å². The summed E-state index contributed by atoms with van der Waals surface area (Å²) in [5, 5.41) is 13.8. The van der Waals surface area contributed by atoms with E-state index in [0.717, 1.165) is 22.3 Å². The molecule has 1 aromatic heterocycles. The molecule has 0 radical (unpaired) electrons. The number of nitrogens with one attached hydrogen (secondary N) is 2. The fourth-order valence-corrected chi connectivity index (χ4v) is 2.12. The molecule has 112 valence electrons. The normalized spacial score (nSPS) is 10.6. The van der Waals surface area contributed by atoms with E-state index in [2.05, 4.69) is 15.3 Å². The molecule has 7 heteroatoms. The van der Waals surface area contributed by atoms with E-state index in [4.69, 9.17) is 4.74 Å². The number of non-ortho nitro benzene ring substituents is 1. The molecule has 1 heterocycles. The molecule has 0 unspecified atom stereocenters. The molecule has 0 spiro atoms. The van der Waals surface area contributed by atoms with Crippen LogP contribution in [0.3, 0.4) is 0 Å². The standard InChI is InChI=1S/C15H14N4O3/c1-22-12-6-7-13-14(8-12)18-15(17-13)16-9-10-2-4-11(5-3-10)19(20)21/h2-8H,9H2,1H3,(H2,16,17,18). The highest BCUT2D eigenvalue weighted by Gasteiger charge is 2.06. The number of ether oxygens (including phenoxy) is 1. The average Bonchev–Trinajstić information content (AvgIpc) is 2.95. The lowest BCUT2D eigenvalue weighted by Gasteiger charge is -2.02. The maximum absolute atomic E-state index is 10.6. The SMILES string of the molecule is COc1ccc2nc(NCc3ccc([N+](=O)[O-])cc3)[nH]c2c1. The second kappa shape index (κ2) is 5.72. The fraction of sp³-hybridized carbons (Fsp3) is 0.133. The van der Waals surface area contributed by atoms with Gasteiger partial charge in [0.15, 0.2) is 0 Å². The highest BCUT2D eigenvalue weighted by molar-refractivity contribution is 5.79. The second-order valence-electron chi connectivity index (χ2n) is 4.75. The third-order valence-corrected chi connectivity index (χ3v) is 3.30. The Bertz CT molecular complexity index is 811. The number of methoxy groups -OCH3 is 1. The number of nitro benzene ring substituents is 1. The number of anilines is 1. The van der Waals surface area contributed by atoms with Crippen LogP contribution in [0.15, 0.2) is 42.5 Å². The molecule has 3 aromatic rings. The fourth-order valence-electron chi connectivity index (χ4n) is 2.12. The molecule has 3 rings (SSSR count). The molecule has 2 N–H and O–H groups in total. The second-order valence-corrected chi connectivity index (χ2v) is 4.75. The maximum Gasteiger partial charge on any atom is 0.269 e. The van der Waals surface area contributed by atoms with Gasteiger partial charge in [0.2, 0.25) is 5.95 Å². The van der Waals surface area contributed by atoms with Crippen molar-refractivity contribution in [3.63, 3.8) is 0 Å². The quantitative estimate of drug-likeness (QED) is 0.557. The molecular formula is C15H14N4O3. The van der Waals surface area contributed by atoms with Gasteiger partial charge in [-0.05, 0) is 17.7 Å². The molecule has 2 aromatic carbocycles. The van der Waals surface area contributed by atoms with Crippen LogP contribution in [0.1, 0.15) is 5.56 Å². The molecule has 0 amide bonds. The molecule has 0 saturated carbocycles. The van der Waals surface area contributed by atoms with Crippen LogP contribution in [0, 0.1) is 10.1 Å². The van der Waals surface area contributed by atoms with Crippen molar-refractivity contribution in [3.05, 3.63) is 58.1 Å². The van der Waals surface area contributed by atoms with Crippen molar-refractivity contribution in [2.45, 2.75) is 6.54 Å². The molecule has 0 aliphatic carbocycles. The summed E-state index contributed by atoms with van der Waals surface area (Å²) in [5.74, 6) is 1.40. The van der Waals surface area contributed by atoms with Gasteiger partial charge in [-0.2, -0.15) is 0 Å². The average molecular weight is 298 g/mol. The number of nitrogens with zero attached hydrogens (tertiary/aromatic N) is 2. The number of nitro groups is 1. The van der Waals surface area contributed by atoms with Gasteiger partial charge >= 0.3 is 0 Å². The van der Waals surface area contributed by atoms with Crippen molar-refractivity contribution in [3.8, 4) is 5.75 Å². The van der Waals surface area contributed by atoms with E-state index in [1.54, 1.807) is 19.2 Å². The molecular weight excluding hydrogens is 284 g/mol. The minimum atomic E-state index is -0.413. The van der Waals surface area contributed by atoms with E-state index < -0.39 is 4.92 Å². The van der Waals surface area contributed by atoms with E-state index in [1.807, 2.05) is 18.2 Å². The number of benzene rings is 2. The molecule has 0 fully saturated rings. The summed E-state index contributed by atoms with van der Waals surface area (Å²) in [6.45, 7) is 0.523. The monoisotopic (exact) mass is 298 g/mol. The number of aromatic amines is 1. The summed E-state index contributed by atoms with van der Waals surface area (Å²) in [5.41, 5.74) is 2.74. The lowest BCUT2D eigenvalue weighted by atomic mass is 10.2. The Labute approximate surface area is 126 Å². The van der Waals surface area contributed by atoms with Crippen molar-refractivity contribution < 1.29 is 9.66 Å². The van der Waals surface area contributed by atoms with Gasteiger partial charge in [-0.25, -0.2) is 4.98 Å². The third kappa shape index (κ3) is 2.83. The Balaban J connectivity index is 1.71. The van der Waals surface area contributed by atoms with Gasteiger partial charge in [0.25, 0.3) is 5.69 Å². The minimum Gasteiger partial charge on any atom is -0.497 e. The highest BCUT2D eigenvalue weighted by Crippen LogP contribution is 2.20. The zero-order chi connectivity index (χ0) is 15.5. The predicted molar refractivity (Wildman–Crippen MR) is 83.1 cm³/mol. The first-order chi connectivity index (χ1) is 10.7. The summed E-state index contributed by atoms with van der Waals surface area (Å²) in [6, 6.07) is 12.0. The molecule has 0 bridgehead atoms. The van der Waals surface area contributed by atoms with E-state index in [-0.39, 0.29) is 5.69 Å². The zero-order valence-electron chi connectivity index (χ0n) is 11.9. The van der Waals surface area contributed by atoms with Crippen LogP contribution in [0.2, 0.25) is 0 Å². The number of imidazole rings is 1. The van der Waals surface area contributed by atoms with Crippen molar-refractivity contribution in [2.24, 2.45) is 0 Å². The molecule has 22 heavy (non-hydrogen) atoms. The van der Waals surface area contributed by atoms with Gasteiger partial charge in [0.05, 0.1) is 23.1 Å². The van der Waals surface area contributed by atoms with Crippen LogP contribution in [-0.2, 0) is 6.54 Å². The predicted octanol–water partition coefficient (Wildman–Crippen LogP) is 3.09. The molecule has 0 atom stereocenters. The Kier molecular flexibility index (Phi) is 3.61. The molecule has 7 nitrogen and oxygen atoms in total. The van der Waals surface area contributed by atoms with Gasteiger partial charge in [0, 0.05) is 24.7 Å². The van der Waals surface area contributed by atoms with E-state index >= 15 is 0 Å². The van der Waals surface area contributed by atoms with Crippen LogP contribution < -0.4 is 10.1 Å². The van der Waals surface area contributed by atoms with E-state index in [0.29, 0.717) is 12.5 Å². The summed E-state index contributed by atoms with van der Waals surface area (Å²) in [6.07, 6.45) is 0. The number of hydrogen-bond acceptors (Lipinski definition) is 5. The number of aromatic nitrogens is 2. The summed E-state index contributed by atoms with van der Waals surface area (Å²) in [4.78, 5) is 17.8. The smallest absolute Gasteiger partial charge is 0.269 e. The summed E-state index contributed by atoms with van der Waals surface area (Å²) >= 11 is 0. The van der Waals surface area contributed by atoms with Gasteiger partial charge in [-0.3, -0.25) is 10.1 Å². The van der Waals surface area contributed by atoms with Crippen LogP contribution in [0.4, 0.5) is 11.6 Å². The maximum atomic E-state index is 10.6. The Morgan fingerprint density at radius 2 is 2.05 bits per heavy atom. The molecule has 0 aliphatic rings. The van der Waals surface area contributed by atoms with Crippen molar-refractivity contribution in [2.75, 3.05) is 12.4 Å². The first kappa shape index (κ1) is 13.9. The number of fused-ring (bicyclic) bond motifs is 1. The number of rotatable bonds is 5. The first-order valence-electron chi connectivity index (χ1n) is 6.66. The Morgan fingerprint density at radius 3 is 2.73 bits per heavy atom. The van der Waals surface area contributed by atoms with Crippen LogP contribution >= 0.6 is 0 Å². The van der Waals surface area contributed by atoms with Crippen molar-refractivity contribution >= 4 is 22.7 Å². The van der Waals surface area contributed by atoms with Gasteiger partial charge in [-0.1, -0.05) is 12.1 Å². The Morgan fingerprint density at radius 1 is 1.27 bits per heavy atom. The van der Waals surface area contributed by atoms with Crippen LogP contribution in [0.25, 0.3) is 11.0 Å². The third-order valence-electron chi connectivity index (χ3n) is 3.30. The van der Waals surface area contributed by atoms with Gasteiger partial charge in [0.1, 0.15) is 5.75 Å². The number of hydrogen-bond donors (Lipinski definition) is 2. The summed E-state index contributed by atoms with van der Waals surface area (Å²) < 4.78 is 5.17. The van der Waals surface area contributed by atoms with Crippen LogP contribution in [0.5, 0.6) is 5.75 Å². The summed E-state index contributed by atoms with van der Waals surface area (Å²) in [7, 11) is 1.62. The largest absolute Gasteiger partial charge is 0.497 e. The Hall–Kier alpha value is -3.09. The van der Waals surface area contributed by atoms with E-state index in [9.17, 15) is 10.1 Å². The number of H-pyrrole nitrogens is 1. The van der Waals surface area contributed by atoms with Crippen molar-refractivity contribution in [1.29, 1.82) is 0 Å². The molecule has 0 saturated heterocycles. The first-order valence-corrected chi connectivity index (χ1v) is 6.66. The minimum absolute atomic E-state index is 0.0829. The van der Waals surface area contributed by atoms with Gasteiger partial charge in [-0.15, -0.1) is 0 Å².